The Labute approximate surface area is 121 Å². The molecule has 0 radical (unpaired) electrons. The third-order valence-corrected chi connectivity index (χ3v) is 3.16. The van der Waals surface area contributed by atoms with Gasteiger partial charge in [0.1, 0.15) is 0 Å². The smallest absolute Gasteiger partial charge is 0.218 e. The van der Waals surface area contributed by atoms with Gasteiger partial charge in [-0.1, -0.05) is 54.6 Å². The summed E-state index contributed by atoms with van der Waals surface area (Å²) in [5, 5.41) is 0. The van der Waals surface area contributed by atoms with Crippen molar-refractivity contribution in [2.45, 2.75) is 18.0 Å². The van der Waals surface area contributed by atoms with Crippen LogP contribution in [0.3, 0.4) is 0 Å². The minimum Gasteiger partial charge on any atom is -0.218 e. The van der Waals surface area contributed by atoms with E-state index >= 15 is 0 Å². The van der Waals surface area contributed by atoms with Crippen LogP contribution in [0.25, 0.3) is 11.1 Å². The molecule has 0 heterocycles. The van der Waals surface area contributed by atoms with E-state index in [1.54, 1.807) is 6.07 Å². The largest absolute Gasteiger partial charge is 0.435 e. The maximum atomic E-state index is 14.2. The molecule has 0 saturated heterocycles. The van der Waals surface area contributed by atoms with E-state index < -0.39 is 29.1 Å². The Bertz CT molecular complexity index is 627. The van der Waals surface area contributed by atoms with E-state index in [2.05, 4.69) is 0 Å². The Balaban J connectivity index is 2.76. The molecular formula is C15H9F7. The Morgan fingerprint density at radius 1 is 0.545 bits per heavy atom. The molecule has 22 heavy (non-hydrogen) atoms. The lowest BCUT2D eigenvalue weighted by Crippen LogP contribution is -2.50. The second kappa shape index (κ2) is 5.30. The van der Waals surface area contributed by atoms with Crippen molar-refractivity contribution in [1.82, 2.24) is 0 Å². The van der Waals surface area contributed by atoms with Crippen LogP contribution in [0.15, 0.2) is 54.6 Å². The average molecular weight is 322 g/mol. The highest BCUT2D eigenvalue weighted by Gasteiger charge is 2.74. The SMILES string of the molecule is FC(F)(F)C(F)(c1ccccc1-c1ccccc1)C(F)(F)F. The highest BCUT2D eigenvalue weighted by atomic mass is 19.4. The summed E-state index contributed by atoms with van der Waals surface area (Å²) in [5.74, 6) is 0. The van der Waals surface area contributed by atoms with Gasteiger partial charge in [-0.3, -0.25) is 0 Å². The van der Waals surface area contributed by atoms with E-state index in [0.29, 0.717) is 6.07 Å². The molecule has 2 rings (SSSR count). The summed E-state index contributed by atoms with van der Waals surface area (Å²) in [4.78, 5) is 0. The molecule has 0 N–H and O–H groups in total. The molecule has 0 aromatic heterocycles. The Morgan fingerprint density at radius 3 is 1.50 bits per heavy atom. The molecule has 0 aliphatic rings. The monoisotopic (exact) mass is 322 g/mol. The summed E-state index contributed by atoms with van der Waals surface area (Å²) in [5.41, 5.74) is -7.30. The number of rotatable bonds is 2. The van der Waals surface area contributed by atoms with E-state index in [0.717, 1.165) is 12.1 Å². The number of alkyl halides is 7. The summed E-state index contributed by atoms with van der Waals surface area (Å²) < 4.78 is 91.6. The van der Waals surface area contributed by atoms with E-state index in [4.69, 9.17) is 0 Å². The molecule has 0 unspecified atom stereocenters. The van der Waals surface area contributed by atoms with Crippen molar-refractivity contribution in [1.29, 1.82) is 0 Å². The molecule has 0 fully saturated rings. The lowest BCUT2D eigenvalue weighted by atomic mass is 9.87. The van der Waals surface area contributed by atoms with Gasteiger partial charge in [-0.2, -0.15) is 26.3 Å². The third-order valence-electron chi connectivity index (χ3n) is 3.16. The van der Waals surface area contributed by atoms with Crippen molar-refractivity contribution in [2.75, 3.05) is 0 Å². The van der Waals surface area contributed by atoms with E-state index in [1.165, 1.54) is 30.3 Å². The van der Waals surface area contributed by atoms with Crippen LogP contribution >= 0.6 is 0 Å². The van der Waals surface area contributed by atoms with Crippen LogP contribution in [0.2, 0.25) is 0 Å². The fourth-order valence-electron chi connectivity index (χ4n) is 2.12. The summed E-state index contributed by atoms with van der Waals surface area (Å²) in [6.07, 6.45) is -12.3. The second-order valence-corrected chi connectivity index (χ2v) is 4.57. The Kier molecular flexibility index (Phi) is 3.93. The quantitative estimate of drug-likeness (QED) is 0.627. The molecule has 0 bridgehead atoms. The first kappa shape index (κ1) is 16.3. The first-order valence-electron chi connectivity index (χ1n) is 6.06. The third kappa shape index (κ3) is 2.55. The van der Waals surface area contributed by atoms with Crippen LogP contribution in [-0.4, -0.2) is 12.4 Å². The predicted octanol–water partition coefficient (Wildman–Crippen LogP) is 5.64. The minimum absolute atomic E-state index is 0.0635. The predicted molar refractivity (Wildman–Crippen MR) is 66.8 cm³/mol. The molecule has 0 amide bonds. The summed E-state index contributed by atoms with van der Waals surface area (Å²) in [7, 11) is 0. The number of hydrogen-bond acceptors (Lipinski definition) is 0. The Morgan fingerprint density at radius 2 is 1.00 bits per heavy atom. The molecule has 0 spiro atoms. The summed E-state index contributed by atoms with van der Waals surface area (Å²) >= 11 is 0. The highest BCUT2D eigenvalue weighted by molar-refractivity contribution is 5.69. The van der Waals surface area contributed by atoms with Gasteiger partial charge in [0.05, 0.1) is 0 Å². The lowest BCUT2D eigenvalue weighted by Gasteiger charge is -2.31. The standard InChI is InChI=1S/C15H9F7/c16-13(14(17,18)19,15(20,21)22)12-9-5-4-8-11(12)10-6-2-1-3-7-10/h1-9H. The van der Waals surface area contributed by atoms with Crippen LogP contribution in [-0.2, 0) is 5.67 Å². The zero-order valence-electron chi connectivity index (χ0n) is 10.8. The number of halogens is 7. The van der Waals surface area contributed by atoms with Gasteiger partial charge in [0.2, 0.25) is 0 Å². The second-order valence-electron chi connectivity index (χ2n) is 4.57. The molecule has 0 atom stereocenters. The zero-order valence-corrected chi connectivity index (χ0v) is 10.8. The van der Waals surface area contributed by atoms with E-state index in [9.17, 15) is 30.7 Å². The topological polar surface area (TPSA) is 0 Å². The molecule has 2 aromatic rings. The minimum atomic E-state index is -6.13. The average Bonchev–Trinajstić information content (AvgIpc) is 2.45. The number of hydrogen-bond donors (Lipinski definition) is 0. The van der Waals surface area contributed by atoms with E-state index in [1.807, 2.05) is 0 Å². The van der Waals surface area contributed by atoms with Crippen LogP contribution in [0, 0.1) is 0 Å². The van der Waals surface area contributed by atoms with Crippen molar-refractivity contribution in [3.05, 3.63) is 60.2 Å². The molecule has 118 valence electrons. The van der Waals surface area contributed by atoms with Gasteiger partial charge in [0.25, 0.3) is 0 Å². The molecule has 0 saturated carbocycles. The maximum Gasteiger partial charge on any atom is 0.435 e. The lowest BCUT2D eigenvalue weighted by molar-refractivity contribution is -0.348. The Hall–Kier alpha value is -2.05. The first-order valence-corrected chi connectivity index (χ1v) is 6.06. The van der Waals surface area contributed by atoms with Crippen LogP contribution in [0.5, 0.6) is 0 Å². The van der Waals surface area contributed by atoms with Gasteiger partial charge in [-0.25, -0.2) is 4.39 Å². The van der Waals surface area contributed by atoms with Gasteiger partial charge in [-0.05, 0) is 11.1 Å². The summed E-state index contributed by atoms with van der Waals surface area (Å²) in [6.45, 7) is 0. The van der Waals surface area contributed by atoms with Gasteiger partial charge in [-0.15, -0.1) is 0 Å². The molecule has 2 aromatic carbocycles. The van der Waals surface area contributed by atoms with Gasteiger partial charge < -0.3 is 0 Å². The molecule has 0 aliphatic heterocycles. The van der Waals surface area contributed by atoms with Crippen molar-refractivity contribution in [2.24, 2.45) is 0 Å². The van der Waals surface area contributed by atoms with Crippen LogP contribution in [0.4, 0.5) is 30.7 Å². The first-order chi connectivity index (χ1) is 10.1. The maximum absolute atomic E-state index is 14.2. The summed E-state index contributed by atoms with van der Waals surface area (Å²) in [6, 6.07) is 10.8. The molecule has 0 aliphatic carbocycles. The fourth-order valence-corrected chi connectivity index (χ4v) is 2.12. The highest BCUT2D eigenvalue weighted by Crippen LogP contribution is 2.55. The normalized spacial score (nSPS) is 13.2. The van der Waals surface area contributed by atoms with Crippen molar-refractivity contribution in [3.63, 3.8) is 0 Å². The van der Waals surface area contributed by atoms with Crippen molar-refractivity contribution < 1.29 is 30.7 Å². The molecule has 0 nitrogen and oxygen atoms in total. The van der Waals surface area contributed by atoms with E-state index in [-0.39, 0.29) is 5.56 Å². The molecular weight excluding hydrogens is 313 g/mol. The van der Waals surface area contributed by atoms with Crippen LogP contribution < -0.4 is 0 Å². The van der Waals surface area contributed by atoms with Crippen molar-refractivity contribution >= 4 is 0 Å². The molecule has 7 heteroatoms. The van der Waals surface area contributed by atoms with Crippen LogP contribution in [0.1, 0.15) is 5.56 Å². The van der Waals surface area contributed by atoms with Gasteiger partial charge >= 0.3 is 18.0 Å². The van der Waals surface area contributed by atoms with Gasteiger partial charge in [0, 0.05) is 5.56 Å². The van der Waals surface area contributed by atoms with Crippen molar-refractivity contribution in [3.8, 4) is 11.1 Å². The number of benzene rings is 2. The fraction of sp³-hybridized carbons (Fsp3) is 0.200. The zero-order chi connectivity index (χ0) is 16.6. The van der Waals surface area contributed by atoms with Gasteiger partial charge in [0.15, 0.2) is 0 Å².